The number of nitrogens with two attached hydrogens (primary N) is 1. The van der Waals surface area contributed by atoms with Crippen LogP contribution in [-0.4, -0.2) is 52.0 Å². The molecule has 208 valence electrons. The lowest BCUT2D eigenvalue weighted by atomic mass is 10.0. The Kier molecular flexibility index (Phi) is 10.7. The van der Waals surface area contributed by atoms with Crippen molar-refractivity contribution in [3.8, 4) is 11.8 Å². The number of aromatic hydroxyl groups is 1. The van der Waals surface area contributed by atoms with Crippen LogP contribution in [0.5, 0.6) is 5.75 Å². The summed E-state index contributed by atoms with van der Waals surface area (Å²) in [5.74, 6) is -2.68. The van der Waals surface area contributed by atoms with E-state index in [0.717, 1.165) is 4.90 Å². The van der Waals surface area contributed by atoms with Gasteiger partial charge in [0.05, 0.1) is 16.8 Å². The van der Waals surface area contributed by atoms with Gasteiger partial charge in [0, 0.05) is 12.0 Å². The second kappa shape index (κ2) is 13.5. The van der Waals surface area contributed by atoms with Crippen molar-refractivity contribution in [1.29, 1.82) is 5.26 Å². The summed E-state index contributed by atoms with van der Waals surface area (Å²) in [6.07, 6.45) is -1.45. The lowest BCUT2D eigenvalue weighted by Crippen LogP contribution is -2.52. The summed E-state index contributed by atoms with van der Waals surface area (Å²) in [6.45, 7) is 6.01. The van der Waals surface area contributed by atoms with Crippen LogP contribution in [0.2, 0.25) is 5.02 Å². The molecule has 0 fully saturated rings. The zero-order valence-electron chi connectivity index (χ0n) is 22.2. The number of phenols is 1. The van der Waals surface area contributed by atoms with Gasteiger partial charge in [-0.1, -0.05) is 41.9 Å². The van der Waals surface area contributed by atoms with Gasteiger partial charge in [0.25, 0.3) is 5.91 Å². The molecule has 5 N–H and O–H groups in total. The molecule has 0 aliphatic rings. The smallest absolute Gasteiger partial charge is 0.408 e. The number of amides is 4. The molecule has 0 radical (unpaired) electrons. The van der Waals surface area contributed by atoms with Gasteiger partial charge in [0.15, 0.2) is 0 Å². The summed E-state index contributed by atoms with van der Waals surface area (Å²) in [6, 6.07) is 9.77. The van der Waals surface area contributed by atoms with Crippen LogP contribution in [0.1, 0.15) is 50.8 Å². The Hall–Kier alpha value is -4.30. The number of para-hydroxylation sites is 2. The molecule has 0 aliphatic carbocycles. The van der Waals surface area contributed by atoms with Crippen LogP contribution in [0, 0.1) is 18.3 Å². The van der Waals surface area contributed by atoms with Crippen LogP contribution in [0.4, 0.5) is 10.5 Å². The van der Waals surface area contributed by atoms with Crippen LogP contribution in [0.25, 0.3) is 0 Å². The van der Waals surface area contributed by atoms with Crippen molar-refractivity contribution in [1.82, 2.24) is 10.2 Å². The number of halogens is 1. The maximum Gasteiger partial charge on any atom is 0.408 e. The minimum Gasteiger partial charge on any atom is -0.508 e. The lowest BCUT2D eigenvalue weighted by molar-refractivity contribution is -0.140. The number of nitriles is 1. The molecule has 39 heavy (non-hydrogen) atoms. The van der Waals surface area contributed by atoms with Crippen molar-refractivity contribution in [2.75, 3.05) is 11.9 Å². The fourth-order valence-electron chi connectivity index (χ4n) is 3.72. The fraction of sp³-hybridized carbons (Fsp3) is 0.370. The molecule has 4 amide bonds. The number of benzene rings is 2. The summed E-state index contributed by atoms with van der Waals surface area (Å²) in [4.78, 5) is 52.5. The molecule has 2 aromatic rings. The number of carbonyl (C=O) groups is 4. The van der Waals surface area contributed by atoms with E-state index in [2.05, 4.69) is 10.6 Å². The van der Waals surface area contributed by atoms with Crippen molar-refractivity contribution in [3.63, 3.8) is 0 Å². The number of rotatable bonds is 10. The van der Waals surface area contributed by atoms with Crippen LogP contribution in [0.15, 0.2) is 42.5 Å². The Morgan fingerprint density at radius 2 is 1.82 bits per heavy atom. The molecular formula is C27H32ClN5O6. The number of nitrogens with zero attached hydrogens (tertiary/aromatic N) is 2. The van der Waals surface area contributed by atoms with E-state index in [9.17, 15) is 29.5 Å². The quantitative estimate of drug-likeness (QED) is 0.323. The van der Waals surface area contributed by atoms with E-state index in [1.807, 2.05) is 6.07 Å². The highest BCUT2D eigenvalue weighted by molar-refractivity contribution is 6.34. The maximum atomic E-state index is 13.8. The molecule has 0 aliphatic heterocycles. The number of primary amides is 1. The highest BCUT2D eigenvalue weighted by atomic mass is 35.5. The first-order valence-electron chi connectivity index (χ1n) is 12.0. The molecule has 0 spiro atoms. The Labute approximate surface area is 231 Å². The maximum absolute atomic E-state index is 13.8. The minimum atomic E-state index is -1.52. The number of ether oxygens (including phenoxy) is 1. The van der Waals surface area contributed by atoms with E-state index >= 15 is 0 Å². The van der Waals surface area contributed by atoms with Crippen LogP contribution < -0.4 is 16.4 Å². The van der Waals surface area contributed by atoms with Gasteiger partial charge in [0.2, 0.25) is 11.8 Å². The van der Waals surface area contributed by atoms with Gasteiger partial charge in [-0.25, -0.2) is 4.79 Å². The highest BCUT2D eigenvalue weighted by Gasteiger charge is 2.37. The van der Waals surface area contributed by atoms with Gasteiger partial charge >= 0.3 is 6.09 Å². The first kappa shape index (κ1) is 30.9. The van der Waals surface area contributed by atoms with E-state index in [0.29, 0.717) is 5.56 Å². The average molecular weight is 558 g/mol. The molecule has 0 bridgehead atoms. The molecule has 2 atom stereocenters. The fourth-order valence-corrected chi connectivity index (χ4v) is 3.99. The summed E-state index contributed by atoms with van der Waals surface area (Å²) < 4.78 is 5.25. The lowest BCUT2D eigenvalue weighted by Gasteiger charge is -2.33. The van der Waals surface area contributed by atoms with E-state index in [-0.39, 0.29) is 34.9 Å². The number of anilines is 1. The molecule has 12 heteroatoms. The molecule has 11 nitrogen and oxygen atoms in total. The Morgan fingerprint density at radius 1 is 1.15 bits per heavy atom. The molecular weight excluding hydrogens is 526 g/mol. The Balaban J connectivity index is 2.57. The zero-order valence-corrected chi connectivity index (χ0v) is 22.9. The molecule has 2 rings (SSSR count). The Morgan fingerprint density at radius 3 is 2.38 bits per heavy atom. The van der Waals surface area contributed by atoms with Crippen molar-refractivity contribution in [3.05, 3.63) is 58.6 Å². The van der Waals surface area contributed by atoms with Crippen molar-refractivity contribution in [2.24, 2.45) is 5.73 Å². The van der Waals surface area contributed by atoms with Gasteiger partial charge in [-0.3, -0.25) is 14.4 Å². The average Bonchev–Trinajstić information content (AvgIpc) is 2.83. The van der Waals surface area contributed by atoms with E-state index in [1.165, 1.54) is 18.2 Å². The minimum absolute atomic E-state index is 0.0224. The summed E-state index contributed by atoms with van der Waals surface area (Å²) in [5.41, 5.74) is 5.32. The topological polar surface area (TPSA) is 175 Å². The molecule has 0 saturated heterocycles. The monoisotopic (exact) mass is 557 g/mol. The van der Waals surface area contributed by atoms with Gasteiger partial charge in [0.1, 0.15) is 30.0 Å². The van der Waals surface area contributed by atoms with Crippen LogP contribution in [0.3, 0.4) is 0 Å². The van der Waals surface area contributed by atoms with Gasteiger partial charge in [-0.15, -0.1) is 0 Å². The number of alkyl carbamates (subject to hydrolysis) is 1. The molecule has 0 saturated carbocycles. The predicted molar refractivity (Wildman–Crippen MR) is 145 cm³/mol. The van der Waals surface area contributed by atoms with Crippen molar-refractivity contribution < 1.29 is 29.0 Å². The largest absolute Gasteiger partial charge is 0.508 e. The van der Waals surface area contributed by atoms with Crippen LogP contribution in [-0.2, 0) is 19.1 Å². The molecule has 2 unspecified atom stereocenters. The zero-order chi connectivity index (χ0) is 29.3. The number of carbonyl (C=O) groups excluding carboxylic acids is 4. The van der Waals surface area contributed by atoms with Gasteiger partial charge in [-0.05, 0) is 51.8 Å². The first-order chi connectivity index (χ1) is 18.2. The van der Waals surface area contributed by atoms with E-state index < -0.39 is 48.0 Å². The molecule has 2 aromatic carbocycles. The van der Waals surface area contributed by atoms with E-state index in [4.69, 9.17) is 22.1 Å². The summed E-state index contributed by atoms with van der Waals surface area (Å²) in [5, 5.41) is 25.6. The third-order valence-electron chi connectivity index (χ3n) is 5.45. The number of phenolic OH excluding ortho intramolecular Hbond substituents is 1. The SMILES string of the molecule is Cc1cccc(Cl)c1NC(=O)C(c1ccccc1O)N(CC#N)C(=O)C(CCC(N)=O)NC(=O)OC(C)(C)C. The third kappa shape index (κ3) is 8.90. The predicted octanol–water partition coefficient (Wildman–Crippen LogP) is 3.54. The van der Waals surface area contributed by atoms with Crippen LogP contribution >= 0.6 is 11.6 Å². The molecule has 0 heterocycles. The van der Waals surface area contributed by atoms with E-state index in [1.54, 1.807) is 52.0 Å². The summed E-state index contributed by atoms with van der Waals surface area (Å²) in [7, 11) is 0. The normalized spacial score (nSPS) is 12.4. The number of aryl methyl sites for hydroxylation is 1. The second-order valence-corrected chi connectivity index (χ2v) is 10.1. The first-order valence-corrected chi connectivity index (χ1v) is 12.4. The summed E-state index contributed by atoms with van der Waals surface area (Å²) >= 11 is 6.29. The number of hydrogen-bond acceptors (Lipinski definition) is 7. The highest BCUT2D eigenvalue weighted by Crippen LogP contribution is 2.33. The molecule has 0 aromatic heterocycles. The Bertz CT molecular complexity index is 1250. The van der Waals surface area contributed by atoms with Crippen molar-refractivity contribution in [2.45, 2.75) is 58.2 Å². The number of nitrogens with one attached hydrogen (secondary N) is 2. The van der Waals surface area contributed by atoms with Crippen molar-refractivity contribution >= 4 is 41.1 Å². The second-order valence-electron chi connectivity index (χ2n) is 9.71. The van der Waals surface area contributed by atoms with Gasteiger partial charge < -0.3 is 31.1 Å². The number of hydrogen-bond donors (Lipinski definition) is 4. The van der Waals surface area contributed by atoms with Gasteiger partial charge in [-0.2, -0.15) is 5.26 Å². The standard InChI is InChI=1S/C27H32ClN5O6/c1-16-8-7-10-18(28)22(16)32-24(36)23(17-9-5-6-11-20(17)34)33(15-14-29)25(37)19(12-13-21(30)35)31-26(38)39-27(2,3)4/h5-11,19,23,34H,12-13,15H2,1-4H3,(H2,30,35)(H,31,38)(H,32,36). The third-order valence-corrected chi connectivity index (χ3v) is 5.77.